The van der Waals surface area contributed by atoms with Crippen LogP contribution in [-0.2, 0) is 27.1 Å². The first-order valence-electron chi connectivity index (χ1n) is 16.3. The second-order valence-corrected chi connectivity index (χ2v) is 13.4. The third-order valence-electron chi connectivity index (χ3n) is 8.87. The van der Waals surface area contributed by atoms with E-state index in [2.05, 4.69) is 10.3 Å². The summed E-state index contributed by atoms with van der Waals surface area (Å²) in [5.41, 5.74) is 2.40. The predicted octanol–water partition coefficient (Wildman–Crippen LogP) is 6.68. The zero-order valence-electron chi connectivity index (χ0n) is 26.7. The van der Waals surface area contributed by atoms with Gasteiger partial charge in [0, 0.05) is 48.5 Å². The molecule has 4 atom stereocenters. The van der Waals surface area contributed by atoms with Crippen molar-refractivity contribution in [2.45, 2.75) is 109 Å². The van der Waals surface area contributed by atoms with E-state index in [0.29, 0.717) is 43.8 Å². The van der Waals surface area contributed by atoms with E-state index in [1.54, 1.807) is 7.11 Å². The molecule has 44 heavy (non-hydrogen) atoms. The second-order valence-electron chi connectivity index (χ2n) is 13.4. The molecule has 3 aliphatic rings. The third-order valence-corrected chi connectivity index (χ3v) is 8.87. The van der Waals surface area contributed by atoms with Crippen LogP contribution in [0.2, 0.25) is 0 Å². The molecule has 3 unspecified atom stereocenters. The molecule has 8 nitrogen and oxygen atoms in total. The molecule has 0 radical (unpaired) electrons. The first-order chi connectivity index (χ1) is 21.1. The van der Waals surface area contributed by atoms with Gasteiger partial charge in [-0.25, -0.2) is 18.6 Å². The maximum Gasteiger partial charge on any atom is 0.328 e. The van der Waals surface area contributed by atoms with Gasteiger partial charge in [-0.2, -0.15) is 0 Å². The number of anilines is 1. The summed E-state index contributed by atoms with van der Waals surface area (Å²) >= 11 is 0. The van der Waals surface area contributed by atoms with Crippen molar-refractivity contribution in [3.05, 3.63) is 46.7 Å². The number of fused-ring (bicyclic) bond motifs is 1. The Balaban J connectivity index is 1.23. The molecule has 0 bridgehead atoms. The van der Waals surface area contributed by atoms with Crippen molar-refractivity contribution < 1.29 is 27.8 Å². The lowest BCUT2D eigenvalue weighted by atomic mass is 9.95. The van der Waals surface area contributed by atoms with Gasteiger partial charge in [-0.3, -0.25) is 9.88 Å². The predicted molar refractivity (Wildman–Crippen MR) is 165 cm³/mol. The Morgan fingerprint density at radius 3 is 2.80 bits per heavy atom. The van der Waals surface area contributed by atoms with E-state index in [1.807, 2.05) is 31.7 Å². The van der Waals surface area contributed by atoms with Gasteiger partial charge in [-0.05, 0) is 91.2 Å². The van der Waals surface area contributed by atoms with Gasteiger partial charge >= 0.3 is 5.97 Å². The van der Waals surface area contributed by atoms with E-state index in [-0.39, 0.29) is 12.0 Å². The lowest BCUT2D eigenvalue weighted by Gasteiger charge is -2.33. The topological polar surface area (TPSA) is 85.8 Å². The monoisotopic (exact) mass is 614 g/mol. The molecule has 0 aliphatic carbocycles. The zero-order chi connectivity index (χ0) is 31.3. The average Bonchev–Trinajstić information content (AvgIpc) is 3.48. The van der Waals surface area contributed by atoms with Gasteiger partial charge in [0.15, 0.2) is 0 Å². The van der Waals surface area contributed by atoms with Crippen LogP contribution < -0.4 is 10.1 Å². The summed E-state index contributed by atoms with van der Waals surface area (Å²) in [6, 6.07) is 2.51. The molecule has 2 aromatic rings. The molecular formula is C34H48F2N4O4. The Morgan fingerprint density at radius 2 is 2.05 bits per heavy atom. The number of halogens is 2. The van der Waals surface area contributed by atoms with Crippen molar-refractivity contribution in [2.24, 2.45) is 5.92 Å². The SMILES string of the molecule is COc1cc(CCCCC(F)[C@@H]2CCN(C(C(=O)OC(C)(C)C)c3cc(F)cnc3C3CCCCO3)C2)nc2c1CCCN2. The molecule has 10 heteroatoms. The Hall–Kier alpha value is -2.85. The minimum Gasteiger partial charge on any atom is -0.496 e. The number of rotatable bonds is 11. The molecule has 1 N–H and O–H groups in total. The van der Waals surface area contributed by atoms with Crippen molar-refractivity contribution in [1.82, 2.24) is 14.9 Å². The fraction of sp³-hybridized carbons (Fsp3) is 0.676. The number of esters is 1. The fourth-order valence-corrected chi connectivity index (χ4v) is 6.74. The summed E-state index contributed by atoms with van der Waals surface area (Å²) in [7, 11) is 1.69. The maximum absolute atomic E-state index is 15.6. The first kappa shape index (κ1) is 32.5. The van der Waals surface area contributed by atoms with Crippen molar-refractivity contribution in [3.8, 4) is 5.75 Å². The largest absolute Gasteiger partial charge is 0.496 e. The highest BCUT2D eigenvalue weighted by Crippen LogP contribution is 2.38. The van der Waals surface area contributed by atoms with Crippen molar-refractivity contribution in [1.29, 1.82) is 0 Å². The van der Waals surface area contributed by atoms with Crippen LogP contribution in [0.25, 0.3) is 0 Å². The highest BCUT2D eigenvalue weighted by Gasteiger charge is 2.41. The highest BCUT2D eigenvalue weighted by molar-refractivity contribution is 5.78. The molecule has 3 aliphatic heterocycles. The number of methoxy groups -OCH3 is 1. The summed E-state index contributed by atoms with van der Waals surface area (Å²) < 4.78 is 47.7. The van der Waals surface area contributed by atoms with Gasteiger partial charge in [0.05, 0.1) is 25.1 Å². The molecule has 0 amide bonds. The zero-order valence-corrected chi connectivity index (χ0v) is 26.7. The van der Waals surface area contributed by atoms with Crippen LogP contribution >= 0.6 is 0 Å². The Labute approximate surface area is 260 Å². The average molecular weight is 615 g/mol. The van der Waals surface area contributed by atoms with E-state index >= 15 is 4.39 Å². The quantitative estimate of drug-likeness (QED) is 0.222. The van der Waals surface area contributed by atoms with E-state index in [0.717, 1.165) is 80.7 Å². The number of likely N-dealkylation sites (tertiary alicyclic amines) is 1. The smallest absolute Gasteiger partial charge is 0.328 e. The van der Waals surface area contributed by atoms with Gasteiger partial charge in [0.2, 0.25) is 0 Å². The lowest BCUT2D eigenvalue weighted by molar-refractivity contribution is -0.161. The number of nitrogens with zero attached hydrogens (tertiary/aromatic N) is 3. The Kier molecular flexibility index (Phi) is 10.7. The Bertz CT molecular complexity index is 1260. The summed E-state index contributed by atoms with van der Waals surface area (Å²) in [5.74, 6) is 0.570. The van der Waals surface area contributed by atoms with Gasteiger partial charge in [-0.1, -0.05) is 6.42 Å². The summed E-state index contributed by atoms with van der Waals surface area (Å²) in [6.45, 7) is 7.86. The van der Waals surface area contributed by atoms with Crippen molar-refractivity contribution >= 4 is 11.8 Å². The van der Waals surface area contributed by atoms with Crippen LogP contribution in [0.5, 0.6) is 5.75 Å². The molecule has 5 rings (SSSR count). The molecule has 5 heterocycles. The van der Waals surface area contributed by atoms with Crippen molar-refractivity contribution in [2.75, 3.05) is 38.7 Å². The molecule has 0 saturated carbocycles. The Morgan fingerprint density at radius 1 is 1.20 bits per heavy atom. The molecular weight excluding hydrogens is 566 g/mol. The number of hydrogen-bond acceptors (Lipinski definition) is 8. The molecule has 0 spiro atoms. The maximum atomic E-state index is 15.6. The van der Waals surface area contributed by atoms with E-state index in [9.17, 15) is 9.18 Å². The third kappa shape index (κ3) is 8.05. The molecule has 0 aromatic carbocycles. The number of aromatic nitrogens is 2. The standard InChI is InChI=1S/C34H48F2N4O4/c1-34(2,3)44-33(41)31(26-18-23(35)20-38-30(26)28-13-7-8-17-43-28)40-16-14-22(21-40)27(36)12-6-5-10-24-19-29(42-4)25-11-9-15-37-32(25)39-24/h18-20,22,27-28,31H,5-17,21H2,1-4H3,(H,37,39)/t22-,27?,28?,31?/m1/s1. The van der Waals surface area contributed by atoms with E-state index in [4.69, 9.17) is 19.2 Å². The normalized spacial score (nSPS) is 22.1. The number of aryl methyl sites for hydroxylation is 1. The number of unbranched alkanes of at least 4 members (excludes halogenated alkanes) is 1. The number of nitrogens with one attached hydrogen (secondary N) is 1. The summed E-state index contributed by atoms with van der Waals surface area (Å²) in [6.07, 6.45) is 7.97. The van der Waals surface area contributed by atoms with Gasteiger partial charge < -0.3 is 19.5 Å². The number of pyridine rings is 2. The number of ether oxygens (including phenoxy) is 3. The van der Waals surface area contributed by atoms with Crippen LogP contribution in [0.1, 0.15) is 107 Å². The van der Waals surface area contributed by atoms with Gasteiger partial charge in [0.1, 0.15) is 35.2 Å². The number of alkyl halides is 1. The van der Waals surface area contributed by atoms with Crippen LogP contribution in [0.3, 0.4) is 0 Å². The van der Waals surface area contributed by atoms with Crippen LogP contribution in [0, 0.1) is 11.7 Å². The summed E-state index contributed by atoms with van der Waals surface area (Å²) in [4.78, 5) is 24.8. The highest BCUT2D eigenvalue weighted by atomic mass is 19.1. The van der Waals surface area contributed by atoms with Crippen LogP contribution in [0.4, 0.5) is 14.6 Å². The number of carbonyl (C=O) groups is 1. The number of carbonyl (C=O) groups excluding carboxylic acids is 1. The van der Waals surface area contributed by atoms with Crippen LogP contribution in [-0.4, -0.2) is 66.0 Å². The second kappa shape index (κ2) is 14.5. The minimum atomic E-state index is -1.00. The molecule has 2 fully saturated rings. The van der Waals surface area contributed by atoms with E-state index in [1.165, 1.54) is 12.3 Å². The van der Waals surface area contributed by atoms with Gasteiger partial charge in [0.25, 0.3) is 0 Å². The fourth-order valence-electron chi connectivity index (χ4n) is 6.74. The van der Waals surface area contributed by atoms with Crippen LogP contribution in [0.15, 0.2) is 18.3 Å². The van der Waals surface area contributed by atoms with E-state index < -0.39 is 29.6 Å². The first-order valence-corrected chi connectivity index (χ1v) is 16.3. The molecule has 2 aromatic heterocycles. The summed E-state index contributed by atoms with van der Waals surface area (Å²) in [5, 5.41) is 3.37. The van der Waals surface area contributed by atoms with Gasteiger partial charge in [-0.15, -0.1) is 0 Å². The minimum absolute atomic E-state index is 0.220. The van der Waals surface area contributed by atoms with Crippen molar-refractivity contribution in [3.63, 3.8) is 0 Å². The number of hydrogen-bond donors (Lipinski definition) is 1. The molecule has 2 saturated heterocycles. The lowest BCUT2D eigenvalue weighted by Crippen LogP contribution is -2.38. The molecule has 242 valence electrons.